The number of carbonyl (C=O) groups excluding carboxylic acids is 1. The van der Waals surface area contributed by atoms with Gasteiger partial charge in [0.1, 0.15) is 5.75 Å². The van der Waals surface area contributed by atoms with Crippen molar-refractivity contribution in [1.29, 1.82) is 0 Å². The standard InChI is InChI=1S/C12H18N2O2/c1-2-3-8-16-11-6-4-10(5-7-11)14-12(15)9-13/h4-7H,2-3,8-9,13H2,1H3,(H,14,15). The molecule has 0 saturated heterocycles. The van der Waals surface area contributed by atoms with E-state index in [1.54, 1.807) is 12.1 Å². The Morgan fingerprint density at radius 1 is 1.38 bits per heavy atom. The van der Waals surface area contributed by atoms with Crippen LogP contribution in [0.5, 0.6) is 5.75 Å². The van der Waals surface area contributed by atoms with Crippen LogP contribution in [0.25, 0.3) is 0 Å². The molecule has 16 heavy (non-hydrogen) atoms. The fourth-order valence-corrected chi connectivity index (χ4v) is 1.18. The van der Waals surface area contributed by atoms with Gasteiger partial charge in [0.15, 0.2) is 0 Å². The summed E-state index contributed by atoms with van der Waals surface area (Å²) >= 11 is 0. The summed E-state index contributed by atoms with van der Waals surface area (Å²) in [7, 11) is 0. The SMILES string of the molecule is CCCCOc1ccc(NC(=O)CN)cc1. The van der Waals surface area contributed by atoms with Gasteiger partial charge in [0, 0.05) is 5.69 Å². The first-order valence-corrected chi connectivity index (χ1v) is 5.49. The predicted octanol–water partition coefficient (Wildman–Crippen LogP) is 1.76. The van der Waals surface area contributed by atoms with Crippen molar-refractivity contribution in [2.75, 3.05) is 18.5 Å². The molecule has 0 aliphatic carbocycles. The highest BCUT2D eigenvalue weighted by molar-refractivity contribution is 5.92. The molecule has 0 aromatic heterocycles. The summed E-state index contributed by atoms with van der Waals surface area (Å²) in [5.41, 5.74) is 5.93. The molecule has 88 valence electrons. The van der Waals surface area contributed by atoms with Gasteiger partial charge < -0.3 is 15.8 Å². The summed E-state index contributed by atoms with van der Waals surface area (Å²) in [4.78, 5) is 11.0. The van der Waals surface area contributed by atoms with E-state index in [1.165, 1.54) is 0 Å². The molecule has 1 rings (SSSR count). The van der Waals surface area contributed by atoms with Gasteiger partial charge >= 0.3 is 0 Å². The van der Waals surface area contributed by atoms with Crippen LogP contribution in [0.3, 0.4) is 0 Å². The van der Waals surface area contributed by atoms with Gasteiger partial charge in [-0.25, -0.2) is 0 Å². The Labute approximate surface area is 95.8 Å². The molecule has 0 aliphatic heterocycles. The van der Waals surface area contributed by atoms with Gasteiger partial charge in [-0.2, -0.15) is 0 Å². The maximum absolute atomic E-state index is 11.0. The van der Waals surface area contributed by atoms with Crippen LogP contribution in [0.15, 0.2) is 24.3 Å². The Kier molecular flexibility index (Phi) is 5.36. The normalized spacial score (nSPS) is 9.88. The van der Waals surface area contributed by atoms with E-state index in [0.29, 0.717) is 0 Å². The molecule has 0 atom stereocenters. The number of nitrogens with one attached hydrogen (secondary N) is 1. The molecule has 0 radical (unpaired) electrons. The lowest BCUT2D eigenvalue weighted by Gasteiger charge is -2.07. The van der Waals surface area contributed by atoms with Crippen molar-refractivity contribution in [3.05, 3.63) is 24.3 Å². The Hall–Kier alpha value is -1.55. The number of nitrogens with two attached hydrogens (primary N) is 1. The summed E-state index contributed by atoms with van der Waals surface area (Å²) in [6, 6.07) is 7.27. The fourth-order valence-electron chi connectivity index (χ4n) is 1.18. The summed E-state index contributed by atoms with van der Waals surface area (Å²) < 4.78 is 5.50. The van der Waals surface area contributed by atoms with Crippen molar-refractivity contribution in [1.82, 2.24) is 0 Å². The molecule has 0 saturated carbocycles. The largest absolute Gasteiger partial charge is 0.494 e. The average Bonchev–Trinajstić information content (AvgIpc) is 2.31. The minimum atomic E-state index is -0.195. The Morgan fingerprint density at radius 2 is 2.06 bits per heavy atom. The van der Waals surface area contributed by atoms with Gasteiger partial charge in [-0.05, 0) is 30.7 Å². The summed E-state index contributed by atoms with van der Waals surface area (Å²) in [5.74, 6) is 0.624. The summed E-state index contributed by atoms with van der Waals surface area (Å²) in [6.45, 7) is 2.84. The molecule has 0 unspecified atom stereocenters. The molecule has 1 amide bonds. The molecular weight excluding hydrogens is 204 g/mol. The maximum atomic E-state index is 11.0. The van der Waals surface area contributed by atoms with E-state index in [0.717, 1.165) is 30.9 Å². The lowest BCUT2D eigenvalue weighted by Crippen LogP contribution is -2.21. The second-order valence-electron chi connectivity index (χ2n) is 3.48. The summed E-state index contributed by atoms with van der Waals surface area (Å²) in [5, 5.41) is 2.67. The highest BCUT2D eigenvalue weighted by atomic mass is 16.5. The number of amides is 1. The van der Waals surface area contributed by atoms with Crippen molar-refractivity contribution in [2.45, 2.75) is 19.8 Å². The molecule has 1 aromatic rings. The van der Waals surface area contributed by atoms with Gasteiger partial charge in [-0.1, -0.05) is 13.3 Å². The monoisotopic (exact) mass is 222 g/mol. The molecule has 4 nitrogen and oxygen atoms in total. The molecule has 3 N–H and O–H groups in total. The minimum absolute atomic E-state index is 0.00521. The predicted molar refractivity (Wildman–Crippen MR) is 64.5 cm³/mol. The van der Waals surface area contributed by atoms with Crippen LogP contribution in [-0.2, 0) is 4.79 Å². The van der Waals surface area contributed by atoms with Gasteiger partial charge in [0.2, 0.25) is 5.91 Å². The topological polar surface area (TPSA) is 64.3 Å². The zero-order valence-electron chi connectivity index (χ0n) is 9.53. The lowest BCUT2D eigenvalue weighted by molar-refractivity contribution is -0.114. The Morgan fingerprint density at radius 3 is 2.62 bits per heavy atom. The van der Waals surface area contributed by atoms with Crippen molar-refractivity contribution in [2.24, 2.45) is 5.73 Å². The third-order valence-electron chi connectivity index (χ3n) is 2.09. The van der Waals surface area contributed by atoms with Crippen LogP contribution < -0.4 is 15.8 Å². The first-order valence-electron chi connectivity index (χ1n) is 5.49. The van der Waals surface area contributed by atoms with Crippen LogP contribution >= 0.6 is 0 Å². The third-order valence-corrected chi connectivity index (χ3v) is 2.09. The van der Waals surface area contributed by atoms with E-state index in [4.69, 9.17) is 10.5 Å². The number of anilines is 1. The Bertz CT molecular complexity index is 322. The number of ether oxygens (including phenoxy) is 1. The number of hydrogen-bond acceptors (Lipinski definition) is 3. The smallest absolute Gasteiger partial charge is 0.238 e. The third kappa shape index (κ3) is 4.31. The molecule has 1 aromatic carbocycles. The maximum Gasteiger partial charge on any atom is 0.238 e. The quantitative estimate of drug-likeness (QED) is 0.721. The van der Waals surface area contributed by atoms with Gasteiger partial charge in [-0.15, -0.1) is 0 Å². The van der Waals surface area contributed by atoms with Crippen LogP contribution in [0.1, 0.15) is 19.8 Å². The van der Waals surface area contributed by atoms with Crippen LogP contribution in [0.4, 0.5) is 5.69 Å². The molecule has 0 spiro atoms. The van der Waals surface area contributed by atoms with E-state index < -0.39 is 0 Å². The zero-order valence-corrected chi connectivity index (χ0v) is 9.53. The molecule has 0 heterocycles. The molecule has 0 aliphatic rings. The highest BCUT2D eigenvalue weighted by Crippen LogP contribution is 2.15. The molecular formula is C12H18N2O2. The number of unbranched alkanes of at least 4 members (excludes halogenated alkanes) is 1. The number of carbonyl (C=O) groups is 1. The van der Waals surface area contributed by atoms with E-state index in [9.17, 15) is 4.79 Å². The average molecular weight is 222 g/mol. The fraction of sp³-hybridized carbons (Fsp3) is 0.417. The van der Waals surface area contributed by atoms with Crippen molar-refractivity contribution < 1.29 is 9.53 Å². The first kappa shape index (κ1) is 12.5. The van der Waals surface area contributed by atoms with Crippen LogP contribution in [-0.4, -0.2) is 19.1 Å². The van der Waals surface area contributed by atoms with Crippen molar-refractivity contribution in [3.63, 3.8) is 0 Å². The highest BCUT2D eigenvalue weighted by Gasteiger charge is 1.99. The summed E-state index contributed by atoms with van der Waals surface area (Å²) in [6.07, 6.45) is 2.16. The lowest BCUT2D eigenvalue weighted by atomic mass is 10.3. The van der Waals surface area contributed by atoms with E-state index in [2.05, 4.69) is 12.2 Å². The molecule has 4 heteroatoms. The number of benzene rings is 1. The van der Waals surface area contributed by atoms with Crippen molar-refractivity contribution >= 4 is 11.6 Å². The minimum Gasteiger partial charge on any atom is -0.494 e. The zero-order chi connectivity index (χ0) is 11.8. The van der Waals surface area contributed by atoms with E-state index in [-0.39, 0.29) is 12.5 Å². The second kappa shape index (κ2) is 6.85. The molecule has 0 bridgehead atoms. The van der Waals surface area contributed by atoms with Gasteiger partial charge in [0.25, 0.3) is 0 Å². The first-order chi connectivity index (χ1) is 7.76. The number of hydrogen-bond donors (Lipinski definition) is 2. The van der Waals surface area contributed by atoms with Crippen LogP contribution in [0, 0.1) is 0 Å². The van der Waals surface area contributed by atoms with E-state index >= 15 is 0 Å². The van der Waals surface area contributed by atoms with Crippen molar-refractivity contribution in [3.8, 4) is 5.75 Å². The van der Waals surface area contributed by atoms with Gasteiger partial charge in [-0.3, -0.25) is 4.79 Å². The van der Waals surface area contributed by atoms with Gasteiger partial charge in [0.05, 0.1) is 13.2 Å². The van der Waals surface area contributed by atoms with Crippen LogP contribution in [0.2, 0.25) is 0 Å². The number of rotatable bonds is 6. The Balaban J connectivity index is 2.44. The molecule has 0 fully saturated rings. The van der Waals surface area contributed by atoms with E-state index in [1.807, 2.05) is 12.1 Å². The second-order valence-corrected chi connectivity index (χ2v) is 3.48.